The van der Waals surface area contributed by atoms with Gasteiger partial charge in [0.25, 0.3) is 0 Å². The average molecular weight is 229 g/mol. The third-order valence-electron chi connectivity index (χ3n) is 1.35. The first-order valence-corrected chi connectivity index (χ1v) is 4.86. The van der Waals surface area contributed by atoms with Crippen LogP contribution in [0.5, 0.6) is 0 Å². The van der Waals surface area contributed by atoms with Crippen molar-refractivity contribution >= 4 is 18.8 Å². The zero-order chi connectivity index (χ0) is 11.4. The van der Waals surface area contributed by atoms with Gasteiger partial charge in [0, 0.05) is 13.0 Å². The van der Waals surface area contributed by atoms with Gasteiger partial charge in [-0.3, -0.25) is 0 Å². The second-order valence-electron chi connectivity index (χ2n) is 2.68. The predicted molar refractivity (Wildman–Crippen MR) is 49.8 cm³/mol. The molecule has 0 aliphatic heterocycles. The van der Waals surface area contributed by atoms with Crippen LogP contribution in [0.1, 0.15) is 17.5 Å². The summed E-state index contributed by atoms with van der Waals surface area (Å²) in [5.74, 6) is 0. The van der Waals surface area contributed by atoms with Crippen LogP contribution in [0.15, 0.2) is 6.07 Å². The monoisotopic (exact) mass is 229 g/mol. The van der Waals surface area contributed by atoms with Crippen molar-refractivity contribution in [3.05, 3.63) is 16.6 Å². The van der Waals surface area contributed by atoms with Crippen molar-refractivity contribution in [2.24, 2.45) is 0 Å². The van der Waals surface area contributed by atoms with Crippen LogP contribution in [0.25, 0.3) is 0 Å². The molecule has 1 aromatic heterocycles. The molecule has 0 saturated carbocycles. The van der Waals surface area contributed by atoms with E-state index in [4.69, 9.17) is 0 Å². The summed E-state index contributed by atoms with van der Waals surface area (Å²) >= 11 is 1.83. The van der Waals surface area contributed by atoms with Gasteiger partial charge in [-0.05, 0) is 13.8 Å². The number of nitrogens with zero attached hydrogens (tertiary/aromatic N) is 1. The fourth-order valence-electron chi connectivity index (χ4n) is 0.952. The van der Waals surface area contributed by atoms with E-state index in [1.165, 1.54) is 10.6 Å². The normalized spacial score (nSPS) is 10.8. The van der Waals surface area contributed by atoms with Crippen LogP contribution in [0.2, 0.25) is 0 Å². The summed E-state index contributed by atoms with van der Waals surface area (Å²) in [6, 6.07) is 2.22. The van der Waals surface area contributed by atoms with E-state index in [2.05, 4.69) is 30.8 Å². The van der Waals surface area contributed by atoms with Crippen LogP contribution in [0, 0.1) is 13.8 Å². The Bertz CT molecular complexity index is 278. The fraction of sp³-hybridized carbons (Fsp3) is 0.571. The van der Waals surface area contributed by atoms with Crippen molar-refractivity contribution in [1.82, 2.24) is 0 Å². The molecule has 82 valence electrons. The molecule has 0 unspecified atom stereocenters. The summed E-state index contributed by atoms with van der Waals surface area (Å²) in [4.78, 5) is 1.40. The van der Waals surface area contributed by atoms with Gasteiger partial charge in [-0.25, -0.2) is 0 Å². The fourth-order valence-corrected chi connectivity index (χ4v) is 1.85. The molecule has 1 rings (SSSR count). The van der Waals surface area contributed by atoms with Crippen LogP contribution >= 0.6 is 11.5 Å². The summed E-state index contributed by atoms with van der Waals surface area (Å²) in [5, 5.41) is 0. The molecule has 0 bridgehead atoms. The molecule has 7 heteroatoms. The van der Waals surface area contributed by atoms with E-state index in [0.717, 1.165) is 6.54 Å². The molecule has 0 spiro atoms. The smallest absolute Gasteiger partial charge is 0.418 e. The molecule has 0 aliphatic rings. The second kappa shape index (κ2) is 5.33. The van der Waals surface area contributed by atoms with Crippen LogP contribution in [-0.2, 0) is 6.54 Å². The topological polar surface area (TPSA) is 3.88 Å². The molecule has 0 N–H and O–H groups in total. The van der Waals surface area contributed by atoms with Crippen molar-refractivity contribution in [3.8, 4) is 0 Å². The van der Waals surface area contributed by atoms with Crippen LogP contribution in [0.3, 0.4) is 0 Å². The quantitative estimate of drug-likeness (QED) is 0.396. The SMILES string of the molecule is CC[n+]1sc(C)cc1C.F[B-](F)(F)F. The first-order chi connectivity index (χ1) is 6.24. The lowest BCUT2D eigenvalue weighted by Crippen LogP contribution is -2.29. The van der Waals surface area contributed by atoms with Crippen molar-refractivity contribution in [2.45, 2.75) is 27.3 Å². The molecule has 0 aliphatic carbocycles. The van der Waals surface area contributed by atoms with Crippen molar-refractivity contribution in [2.75, 3.05) is 0 Å². The molecular weight excluding hydrogens is 217 g/mol. The van der Waals surface area contributed by atoms with Gasteiger partial charge in [-0.15, -0.1) is 3.96 Å². The minimum atomic E-state index is -6.00. The van der Waals surface area contributed by atoms with E-state index in [1.54, 1.807) is 0 Å². The Morgan fingerprint density at radius 3 is 1.86 bits per heavy atom. The summed E-state index contributed by atoms with van der Waals surface area (Å²) in [7, 11) is -6.00. The van der Waals surface area contributed by atoms with Gasteiger partial charge < -0.3 is 17.3 Å². The van der Waals surface area contributed by atoms with Crippen molar-refractivity contribution in [1.29, 1.82) is 0 Å². The molecule has 14 heavy (non-hydrogen) atoms. The largest absolute Gasteiger partial charge is 0.673 e. The standard InChI is InChI=1S/C7H12NS.BF4/c1-4-8-6(2)5-7(3)9-8;2-1(3,4)5/h5H,4H2,1-3H3;/q+1;-1. The summed E-state index contributed by atoms with van der Waals surface area (Å²) in [6.45, 7) is 7.56. The Kier molecular flexibility index (Phi) is 5.11. The highest BCUT2D eigenvalue weighted by Crippen LogP contribution is 2.06. The van der Waals surface area contributed by atoms with Crippen LogP contribution in [-0.4, -0.2) is 7.25 Å². The van der Waals surface area contributed by atoms with Crippen molar-refractivity contribution in [3.63, 3.8) is 0 Å². The van der Waals surface area contributed by atoms with E-state index in [-0.39, 0.29) is 0 Å². The lowest BCUT2D eigenvalue weighted by molar-refractivity contribution is -0.631. The molecule has 0 amide bonds. The second-order valence-corrected chi connectivity index (χ2v) is 3.94. The average Bonchev–Trinajstić information content (AvgIpc) is 2.25. The summed E-state index contributed by atoms with van der Waals surface area (Å²) in [5.41, 5.74) is 1.38. The minimum absolute atomic E-state index is 1.10. The van der Waals surface area contributed by atoms with E-state index in [0.29, 0.717) is 0 Å². The van der Waals surface area contributed by atoms with Gasteiger partial charge in [0.05, 0.1) is 4.88 Å². The van der Waals surface area contributed by atoms with Gasteiger partial charge in [0.15, 0.2) is 12.2 Å². The van der Waals surface area contributed by atoms with Crippen molar-refractivity contribution < 1.29 is 21.2 Å². The van der Waals surface area contributed by atoms with Gasteiger partial charge in [-0.2, -0.15) is 0 Å². The van der Waals surface area contributed by atoms with Gasteiger partial charge >= 0.3 is 7.25 Å². The summed E-state index contributed by atoms with van der Waals surface area (Å²) < 4.78 is 41.3. The molecule has 1 nitrogen and oxygen atoms in total. The third kappa shape index (κ3) is 6.88. The third-order valence-corrected chi connectivity index (χ3v) is 2.52. The van der Waals surface area contributed by atoms with E-state index < -0.39 is 7.25 Å². The molecule has 0 aromatic carbocycles. The van der Waals surface area contributed by atoms with Gasteiger partial charge in [0.1, 0.15) is 11.5 Å². The highest BCUT2D eigenvalue weighted by Gasteiger charge is 2.20. The van der Waals surface area contributed by atoms with E-state index in [1.807, 2.05) is 11.5 Å². The Morgan fingerprint density at radius 1 is 1.29 bits per heavy atom. The number of hydrogen-bond acceptors (Lipinski definition) is 1. The first kappa shape index (κ1) is 13.4. The number of aryl methyl sites for hydroxylation is 3. The number of hydrogen-bond donors (Lipinski definition) is 0. The Labute approximate surface area is 84.6 Å². The minimum Gasteiger partial charge on any atom is -0.418 e. The molecule has 1 aromatic rings. The highest BCUT2D eigenvalue weighted by atomic mass is 32.1. The Balaban J connectivity index is 0.000000292. The van der Waals surface area contributed by atoms with Crippen LogP contribution < -0.4 is 3.96 Å². The van der Waals surface area contributed by atoms with Gasteiger partial charge in [-0.1, -0.05) is 0 Å². The van der Waals surface area contributed by atoms with E-state index in [9.17, 15) is 17.3 Å². The Hall–Kier alpha value is -0.585. The number of halogens is 4. The molecule has 0 atom stereocenters. The summed E-state index contributed by atoms with van der Waals surface area (Å²) in [6.07, 6.45) is 0. The molecule has 0 saturated heterocycles. The highest BCUT2D eigenvalue weighted by molar-refractivity contribution is 7.01. The number of rotatable bonds is 1. The van der Waals surface area contributed by atoms with Gasteiger partial charge in [0.2, 0.25) is 0 Å². The van der Waals surface area contributed by atoms with E-state index >= 15 is 0 Å². The lowest BCUT2D eigenvalue weighted by Gasteiger charge is -1.94. The number of aromatic nitrogens is 1. The molecule has 1 heterocycles. The maximum absolute atomic E-state index is 9.75. The maximum atomic E-state index is 9.75. The Morgan fingerprint density at radius 2 is 1.71 bits per heavy atom. The zero-order valence-electron chi connectivity index (χ0n) is 8.23. The predicted octanol–water partition coefficient (Wildman–Crippen LogP) is 2.97. The van der Waals surface area contributed by atoms with Crippen LogP contribution in [0.4, 0.5) is 17.3 Å². The zero-order valence-corrected chi connectivity index (χ0v) is 9.05. The molecular formula is C7H12BF4NS. The maximum Gasteiger partial charge on any atom is 0.673 e. The first-order valence-electron chi connectivity index (χ1n) is 4.08. The molecule has 0 radical (unpaired) electrons. The molecule has 0 fully saturated rings. The lowest BCUT2D eigenvalue weighted by atomic mass is 10.3.